The summed E-state index contributed by atoms with van der Waals surface area (Å²) in [4.78, 5) is 15.1. The summed E-state index contributed by atoms with van der Waals surface area (Å²) >= 11 is 12.2. The summed E-state index contributed by atoms with van der Waals surface area (Å²) in [5.74, 6) is 1.52. The predicted octanol–water partition coefficient (Wildman–Crippen LogP) is 4.92. The molecule has 5 rings (SSSR count). The number of carbonyl (C=O) groups is 1. The number of fused-ring (bicyclic) bond motifs is 3. The molecule has 132 valence electrons. The van der Waals surface area contributed by atoms with Crippen molar-refractivity contribution in [2.75, 3.05) is 6.73 Å². The molecule has 0 N–H and O–H groups in total. The van der Waals surface area contributed by atoms with Crippen LogP contribution < -0.4 is 9.47 Å². The van der Waals surface area contributed by atoms with E-state index in [1.54, 1.807) is 30.3 Å². The molecule has 1 aliphatic carbocycles. The van der Waals surface area contributed by atoms with Crippen LogP contribution in [0.5, 0.6) is 11.5 Å². The Kier molecular flexibility index (Phi) is 3.74. The second-order valence-corrected chi connectivity index (χ2v) is 7.62. The van der Waals surface area contributed by atoms with E-state index < -0.39 is 0 Å². The molecular weight excluding hydrogens is 373 g/mol. The highest BCUT2D eigenvalue weighted by molar-refractivity contribution is 6.35. The Morgan fingerprint density at radius 1 is 1.15 bits per heavy atom. The van der Waals surface area contributed by atoms with E-state index in [1.165, 1.54) is 12.8 Å². The second kappa shape index (κ2) is 6.02. The second-order valence-electron chi connectivity index (χ2n) is 6.78. The highest BCUT2D eigenvalue weighted by Gasteiger charge is 2.37. The van der Waals surface area contributed by atoms with Crippen LogP contribution in [-0.4, -0.2) is 23.5 Å². The third kappa shape index (κ3) is 2.69. The SMILES string of the molecule is O=C1/C(=C/c2ccc(Cl)cc2Cl)Oc2c1ccc1c2CN(C2CC2)CO1. The first-order valence-electron chi connectivity index (χ1n) is 8.52. The molecule has 0 bridgehead atoms. The molecule has 2 heterocycles. The zero-order valence-electron chi connectivity index (χ0n) is 13.8. The van der Waals surface area contributed by atoms with Gasteiger partial charge in [0.1, 0.15) is 18.2 Å². The highest BCUT2D eigenvalue weighted by atomic mass is 35.5. The quantitative estimate of drug-likeness (QED) is 0.685. The Balaban J connectivity index is 1.51. The van der Waals surface area contributed by atoms with Crippen molar-refractivity contribution in [3.05, 3.63) is 62.8 Å². The number of nitrogens with zero attached hydrogens (tertiary/aromatic N) is 1. The average Bonchev–Trinajstić information content (AvgIpc) is 3.43. The molecule has 26 heavy (non-hydrogen) atoms. The van der Waals surface area contributed by atoms with Crippen molar-refractivity contribution < 1.29 is 14.3 Å². The fourth-order valence-corrected chi connectivity index (χ4v) is 3.87. The zero-order valence-corrected chi connectivity index (χ0v) is 15.3. The Labute approximate surface area is 160 Å². The smallest absolute Gasteiger partial charge is 0.231 e. The van der Waals surface area contributed by atoms with Crippen molar-refractivity contribution in [2.24, 2.45) is 0 Å². The lowest BCUT2D eigenvalue weighted by Gasteiger charge is -2.29. The Bertz CT molecular complexity index is 966. The molecule has 4 nitrogen and oxygen atoms in total. The first kappa shape index (κ1) is 16.2. The van der Waals surface area contributed by atoms with E-state index in [0.717, 1.165) is 17.9 Å². The molecule has 0 unspecified atom stereocenters. The van der Waals surface area contributed by atoms with Crippen LogP contribution in [0, 0.1) is 0 Å². The number of ketones is 1. The van der Waals surface area contributed by atoms with Gasteiger partial charge in [-0.05, 0) is 48.7 Å². The maximum atomic E-state index is 12.8. The molecule has 1 fully saturated rings. The summed E-state index contributed by atoms with van der Waals surface area (Å²) in [6, 6.07) is 9.36. The fraction of sp³-hybridized carbons (Fsp3) is 0.250. The van der Waals surface area contributed by atoms with Gasteiger partial charge < -0.3 is 9.47 Å². The Morgan fingerprint density at radius 3 is 2.77 bits per heavy atom. The molecule has 2 aromatic rings. The summed E-state index contributed by atoms with van der Waals surface area (Å²) in [5, 5.41) is 1.02. The van der Waals surface area contributed by atoms with E-state index >= 15 is 0 Å². The lowest BCUT2D eigenvalue weighted by Crippen LogP contribution is -2.33. The van der Waals surface area contributed by atoms with Crippen LogP contribution in [0.25, 0.3) is 6.08 Å². The summed E-state index contributed by atoms with van der Waals surface area (Å²) in [7, 11) is 0. The highest BCUT2D eigenvalue weighted by Crippen LogP contribution is 2.44. The normalized spacial score (nSPS) is 20.5. The van der Waals surface area contributed by atoms with Gasteiger partial charge in [0.25, 0.3) is 0 Å². The lowest BCUT2D eigenvalue weighted by atomic mass is 10.0. The van der Waals surface area contributed by atoms with Gasteiger partial charge in [-0.2, -0.15) is 0 Å². The summed E-state index contributed by atoms with van der Waals surface area (Å²) in [6.07, 6.45) is 4.07. The minimum absolute atomic E-state index is 0.141. The van der Waals surface area contributed by atoms with Gasteiger partial charge in [0, 0.05) is 22.6 Å². The number of ether oxygens (including phenoxy) is 2. The molecule has 6 heteroatoms. The molecule has 0 atom stereocenters. The van der Waals surface area contributed by atoms with Crippen molar-refractivity contribution in [3.8, 4) is 11.5 Å². The van der Waals surface area contributed by atoms with E-state index in [9.17, 15) is 4.79 Å². The lowest BCUT2D eigenvalue weighted by molar-refractivity contribution is 0.0868. The third-order valence-electron chi connectivity index (χ3n) is 4.96. The van der Waals surface area contributed by atoms with Gasteiger partial charge in [-0.3, -0.25) is 9.69 Å². The molecule has 2 aromatic carbocycles. The van der Waals surface area contributed by atoms with E-state index in [0.29, 0.717) is 39.7 Å². The van der Waals surface area contributed by atoms with Gasteiger partial charge in [0.2, 0.25) is 5.78 Å². The average molecular weight is 388 g/mol. The van der Waals surface area contributed by atoms with Crippen molar-refractivity contribution >= 4 is 35.1 Å². The number of hydrogen-bond donors (Lipinski definition) is 0. The molecule has 2 aliphatic heterocycles. The molecule has 0 aromatic heterocycles. The first-order valence-corrected chi connectivity index (χ1v) is 9.28. The van der Waals surface area contributed by atoms with Crippen molar-refractivity contribution in [3.63, 3.8) is 0 Å². The van der Waals surface area contributed by atoms with Gasteiger partial charge >= 0.3 is 0 Å². The largest absolute Gasteiger partial charge is 0.478 e. The van der Waals surface area contributed by atoms with Gasteiger partial charge in [0.15, 0.2) is 5.76 Å². The first-order chi connectivity index (χ1) is 12.6. The summed E-state index contributed by atoms with van der Waals surface area (Å²) < 4.78 is 11.8. The molecule has 3 aliphatic rings. The van der Waals surface area contributed by atoms with Gasteiger partial charge in [-0.15, -0.1) is 0 Å². The molecule has 1 saturated carbocycles. The fourth-order valence-electron chi connectivity index (χ4n) is 3.41. The maximum absolute atomic E-state index is 12.8. The molecule has 0 spiro atoms. The number of rotatable bonds is 2. The van der Waals surface area contributed by atoms with E-state index in [4.69, 9.17) is 32.7 Å². The predicted molar refractivity (Wildman–Crippen MR) is 99.9 cm³/mol. The minimum atomic E-state index is -0.141. The van der Waals surface area contributed by atoms with Crippen LogP contribution >= 0.6 is 23.2 Å². The third-order valence-corrected chi connectivity index (χ3v) is 5.52. The van der Waals surface area contributed by atoms with E-state index in [1.807, 2.05) is 6.07 Å². The topological polar surface area (TPSA) is 38.8 Å². The van der Waals surface area contributed by atoms with Gasteiger partial charge in [-0.25, -0.2) is 0 Å². The monoisotopic (exact) mass is 387 g/mol. The van der Waals surface area contributed by atoms with Crippen LogP contribution in [0.2, 0.25) is 10.0 Å². The van der Waals surface area contributed by atoms with Crippen LogP contribution in [0.4, 0.5) is 0 Å². The van der Waals surface area contributed by atoms with Crippen molar-refractivity contribution in [1.29, 1.82) is 0 Å². The maximum Gasteiger partial charge on any atom is 0.231 e. The van der Waals surface area contributed by atoms with Crippen LogP contribution in [0.15, 0.2) is 36.1 Å². The summed E-state index contributed by atoms with van der Waals surface area (Å²) in [6.45, 7) is 1.33. The Hall–Kier alpha value is -2.01. The van der Waals surface area contributed by atoms with Gasteiger partial charge in [0.05, 0.1) is 11.1 Å². The Morgan fingerprint density at radius 2 is 2.00 bits per heavy atom. The minimum Gasteiger partial charge on any atom is -0.478 e. The molecule has 0 saturated heterocycles. The van der Waals surface area contributed by atoms with Crippen molar-refractivity contribution in [1.82, 2.24) is 4.90 Å². The van der Waals surface area contributed by atoms with E-state index in [2.05, 4.69) is 4.90 Å². The molecular formula is C20H15Cl2NO3. The van der Waals surface area contributed by atoms with Crippen LogP contribution in [-0.2, 0) is 6.54 Å². The number of halogens is 2. The van der Waals surface area contributed by atoms with Crippen molar-refractivity contribution in [2.45, 2.75) is 25.4 Å². The summed E-state index contributed by atoms with van der Waals surface area (Å²) in [5.41, 5.74) is 2.21. The van der Waals surface area contributed by atoms with Crippen LogP contribution in [0.3, 0.4) is 0 Å². The van der Waals surface area contributed by atoms with E-state index in [-0.39, 0.29) is 11.5 Å². The number of allylic oxidation sites excluding steroid dienone is 1. The molecule has 0 radical (unpaired) electrons. The number of carbonyl (C=O) groups excluding carboxylic acids is 1. The van der Waals surface area contributed by atoms with Gasteiger partial charge in [-0.1, -0.05) is 29.3 Å². The number of benzene rings is 2. The number of Topliss-reactive ketones (excluding diaryl/α,β-unsaturated/α-hetero) is 1. The standard InChI is InChI=1S/C20H15Cl2NO3/c21-12-2-1-11(16(22)8-12)7-18-19(24)14-5-6-17-15(20(14)26-18)9-23(10-25-17)13-3-4-13/h1-2,5-8,13H,3-4,9-10H2/b18-7-. The molecule has 0 amide bonds. The number of hydrogen-bond acceptors (Lipinski definition) is 4. The van der Waals surface area contributed by atoms with Crippen LogP contribution in [0.1, 0.15) is 34.3 Å². The zero-order chi connectivity index (χ0) is 17.8.